The third-order valence-electron chi connectivity index (χ3n) is 12.6. The summed E-state index contributed by atoms with van der Waals surface area (Å²) in [5.41, 5.74) is -1.98. The molecule has 3 saturated carbocycles. The Hall–Kier alpha value is -0.950. The Bertz CT molecular complexity index is 1070. The molecule has 0 aromatic carbocycles. The van der Waals surface area contributed by atoms with Crippen molar-refractivity contribution in [2.24, 2.45) is 34.5 Å². The van der Waals surface area contributed by atoms with E-state index >= 15 is 0 Å². The van der Waals surface area contributed by atoms with Gasteiger partial charge >= 0.3 is 0 Å². The summed E-state index contributed by atoms with van der Waals surface area (Å²) in [5, 5.41) is 74.0. The van der Waals surface area contributed by atoms with Crippen LogP contribution in [0.3, 0.4) is 0 Å². The molecule has 0 bridgehead atoms. The first-order valence-electron chi connectivity index (χ1n) is 16.3. The number of carbonyl (C=O) groups is 1. The zero-order valence-corrected chi connectivity index (χ0v) is 26.4. The first-order valence-corrected chi connectivity index (χ1v) is 16.3. The van der Waals surface area contributed by atoms with Gasteiger partial charge in [0.25, 0.3) is 0 Å². The molecule has 5 aliphatic rings. The number of rotatable bonds is 8. The van der Waals surface area contributed by atoms with Gasteiger partial charge in [-0.25, -0.2) is 0 Å². The van der Waals surface area contributed by atoms with E-state index in [1.54, 1.807) is 19.9 Å². The van der Waals surface area contributed by atoms with E-state index in [1.165, 1.54) is 0 Å². The smallest absolute Gasteiger partial charge is 0.186 e. The summed E-state index contributed by atoms with van der Waals surface area (Å²) in [5.74, 6) is -0.306. The fourth-order valence-electron chi connectivity index (χ4n) is 9.71. The predicted octanol–water partition coefficient (Wildman–Crippen LogP) is 1.59. The summed E-state index contributed by atoms with van der Waals surface area (Å²) in [6.45, 7) is 9.29. The molecule has 1 aliphatic heterocycles. The molecule has 1 heterocycles. The van der Waals surface area contributed by atoms with Gasteiger partial charge in [-0.1, -0.05) is 20.8 Å². The van der Waals surface area contributed by atoms with Gasteiger partial charge in [0.15, 0.2) is 12.1 Å². The van der Waals surface area contributed by atoms with Crippen LogP contribution < -0.4 is 0 Å². The minimum absolute atomic E-state index is 0.0322. The molecule has 14 atom stereocenters. The Morgan fingerprint density at radius 1 is 1.05 bits per heavy atom. The normalized spacial score (nSPS) is 48.1. The maximum absolute atomic E-state index is 13.8. The Morgan fingerprint density at radius 3 is 2.40 bits per heavy atom. The maximum atomic E-state index is 13.8. The van der Waals surface area contributed by atoms with Gasteiger partial charge in [-0.05, 0) is 106 Å². The standard InChI is InChI=1S/C33H54O10/c1-17(23(35)9-10-30(2,3)40)19-8-13-33(41)21-15-24(36)22-14-18(6-11-31(22,4)20(21)7-12-32(19,33)5)42-29-28(39)27(38)26(37)25(16-34)43-29/h15,17-20,22-23,25-29,34-35,37-41H,6-14,16H2,1-5H3/t17-,18-,19+,20-,22+,23+,25+,26+,27-,28+,29+,31+,32+,33+/m0/s1. The molecule has 0 aromatic rings. The highest BCUT2D eigenvalue weighted by Gasteiger charge is 2.66. The van der Waals surface area contributed by atoms with Crippen molar-refractivity contribution in [3.05, 3.63) is 11.6 Å². The number of hydrogen-bond acceptors (Lipinski definition) is 10. The number of aliphatic hydroxyl groups excluding tert-OH is 5. The Balaban J connectivity index is 1.32. The lowest BCUT2D eigenvalue weighted by Gasteiger charge is -2.60. The molecule has 4 fully saturated rings. The van der Waals surface area contributed by atoms with Crippen molar-refractivity contribution in [3.63, 3.8) is 0 Å². The summed E-state index contributed by atoms with van der Waals surface area (Å²) >= 11 is 0. The van der Waals surface area contributed by atoms with E-state index in [2.05, 4.69) is 20.8 Å². The number of carbonyl (C=O) groups excluding carboxylic acids is 1. The van der Waals surface area contributed by atoms with Crippen molar-refractivity contribution in [3.8, 4) is 0 Å². The molecule has 5 rings (SSSR count). The highest BCUT2D eigenvalue weighted by atomic mass is 16.7. The van der Waals surface area contributed by atoms with E-state index in [9.17, 15) is 40.5 Å². The number of fused-ring (bicyclic) bond motifs is 5. The first kappa shape index (κ1) is 33.4. The number of ketones is 1. The fraction of sp³-hybridized carbons (Fsp3) is 0.909. The third kappa shape index (κ3) is 5.57. The van der Waals surface area contributed by atoms with Crippen molar-refractivity contribution in [1.29, 1.82) is 0 Å². The van der Waals surface area contributed by atoms with Crippen LogP contribution in [-0.2, 0) is 14.3 Å². The first-order chi connectivity index (χ1) is 20.0. The van der Waals surface area contributed by atoms with Crippen LogP contribution in [-0.4, -0.2) is 102 Å². The molecule has 0 spiro atoms. The molecule has 0 radical (unpaired) electrons. The largest absolute Gasteiger partial charge is 0.394 e. The van der Waals surface area contributed by atoms with Crippen LogP contribution in [0.15, 0.2) is 11.6 Å². The number of allylic oxidation sites excluding steroid dienone is 1. The van der Waals surface area contributed by atoms with Gasteiger partial charge in [-0.2, -0.15) is 0 Å². The molecular formula is C33H54O10. The molecule has 10 nitrogen and oxygen atoms in total. The van der Waals surface area contributed by atoms with E-state index < -0.39 is 66.1 Å². The van der Waals surface area contributed by atoms with Crippen molar-refractivity contribution >= 4 is 5.78 Å². The van der Waals surface area contributed by atoms with Crippen LogP contribution >= 0.6 is 0 Å². The van der Waals surface area contributed by atoms with E-state index in [1.807, 2.05) is 0 Å². The zero-order valence-electron chi connectivity index (χ0n) is 26.4. The number of aliphatic hydroxyl groups is 7. The SMILES string of the molecule is C[C@H]([C@H](O)CCC(C)(C)O)[C@H]1CC[C@@]2(O)C3=CC(=O)[C@H]4C[C@@H](O[C@@H]5O[C@H](CO)[C@@H](O)[C@H](O)[C@H]5O)CC[C@]4(C)[C@H]3CC[C@]12C. The van der Waals surface area contributed by atoms with Crippen molar-refractivity contribution in [2.75, 3.05) is 6.61 Å². The lowest BCUT2D eigenvalue weighted by Crippen LogP contribution is -2.61. The van der Waals surface area contributed by atoms with Crippen molar-refractivity contribution < 1.29 is 50.0 Å². The van der Waals surface area contributed by atoms with Crippen LogP contribution in [0.4, 0.5) is 0 Å². The minimum Gasteiger partial charge on any atom is -0.394 e. The van der Waals surface area contributed by atoms with E-state index in [4.69, 9.17) is 9.47 Å². The Labute approximate surface area is 255 Å². The van der Waals surface area contributed by atoms with Crippen LogP contribution in [0.5, 0.6) is 0 Å². The highest BCUT2D eigenvalue weighted by Crippen LogP contribution is 2.68. The van der Waals surface area contributed by atoms with E-state index in [0.717, 1.165) is 24.8 Å². The fourth-order valence-corrected chi connectivity index (χ4v) is 9.71. The van der Waals surface area contributed by atoms with E-state index in [0.29, 0.717) is 38.5 Å². The van der Waals surface area contributed by atoms with Gasteiger partial charge in [0.05, 0.1) is 30.0 Å². The van der Waals surface area contributed by atoms with Gasteiger partial charge in [-0.15, -0.1) is 0 Å². The molecule has 43 heavy (non-hydrogen) atoms. The molecule has 4 aliphatic carbocycles. The summed E-state index contributed by atoms with van der Waals surface area (Å²) in [6.07, 6.45) is -0.458. The molecule has 10 heteroatoms. The van der Waals surface area contributed by atoms with Gasteiger partial charge in [0.2, 0.25) is 0 Å². The van der Waals surface area contributed by atoms with Gasteiger partial charge < -0.3 is 45.2 Å². The zero-order chi connectivity index (χ0) is 31.7. The summed E-state index contributed by atoms with van der Waals surface area (Å²) in [7, 11) is 0. The van der Waals surface area contributed by atoms with E-state index in [-0.39, 0.29) is 34.9 Å². The second-order valence-electron chi connectivity index (χ2n) is 15.6. The second-order valence-corrected chi connectivity index (χ2v) is 15.6. The topological polar surface area (TPSA) is 177 Å². The lowest BCUT2D eigenvalue weighted by atomic mass is 9.46. The predicted molar refractivity (Wildman–Crippen MR) is 156 cm³/mol. The summed E-state index contributed by atoms with van der Waals surface area (Å²) in [4.78, 5) is 13.8. The molecular weight excluding hydrogens is 556 g/mol. The highest BCUT2D eigenvalue weighted by molar-refractivity contribution is 5.95. The summed E-state index contributed by atoms with van der Waals surface area (Å²) < 4.78 is 11.6. The maximum Gasteiger partial charge on any atom is 0.186 e. The molecule has 246 valence electrons. The van der Waals surface area contributed by atoms with Gasteiger partial charge in [0.1, 0.15) is 24.4 Å². The number of ether oxygens (including phenoxy) is 2. The van der Waals surface area contributed by atoms with Crippen LogP contribution in [0.1, 0.15) is 92.4 Å². The quantitative estimate of drug-likeness (QED) is 0.214. The van der Waals surface area contributed by atoms with Crippen molar-refractivity contribution in [2.45, 2.75) is 147 Å². The van der Waals surface area contributed by atoms with Crippen LogP contribution in [0.2, 0.25) is 0 Å². The molecule has 0 unspecified atom stereocenters. The average molecular weight is 611 g/mol. The van der Waals surface area contributed by atoms with Crippen LogP contribution in [0, 0.1) is 34.5 Å². The van der Waals surface area contributed by atoms with Crippen molar-refractivity contribution in [1.82, 2.24) is 0 Å². The molecule has 0 amide bonds. The van der Waals surface area contributed by atoms with Crippen LogP contribution in [0.25, 0.3) is 0 Å². The number of hydrogen-bond donors (Lipinski definition) is 7. The second kappa shape index (κ2) is 11.7. The third-order valence-corrected chi connectivity index (χ3v) is 12.6. The Kier molecular flexibility index (Phi) is 9.08. The minimum atomic E-state index is -1.52. The monoisotopic (exact) mass is 610 g/mol. The van der Waals surface area contributed by atoms with Gasteiger partial charge in [-0.3, -0.25) is 4.79 Å². The summed E-state index contributed by atoms with van der Waals surface area (Å²) in [6, 6.07) is 0. The lowest BCUT2D eigenvalue weighted by molar-refractivity contribution is -0.315. The molecule has 7 N–H and O–H groups in total. The average Bonchev–Trinajstić information content (AvgIpc) is 3.23. The van der Waals surface area contributed by atoms with Gasteiger partial charge in [0, 0.05) is 11.3 Å². The molecule has 1 saturated heterocycles. The Morgan fingerprint density at radius 2 is 1.74 bits per heavy atom. The molecule has 0 aromatic heterocycles.